The predicted molar refractivity (Wildman–Crippen MR) is 58.3 cm³/mol. The summed E-state index contributed by atoms with van der Waals surface area (Å²) < 4.78 is 0. The average molecular weight is 218 g/mol. The van der Waals surface area contributed by atoms with Crippen LogP contribution < -0.4 is 5.73 Å². The lowest BCUT2D eigenvalue weighted by atomic mass is 10.3. The molecule has 0 bridgehead atoms. The third-order valence-corrected chi connectivity index (χ3v) is 2.81. The Bertz CT molecular complexity index is 432. The van der Waals surface area contributed by atoms with E-state index in [2.05, 4.69) is 15.0 Å². The van der Waals surface area contributed by atoms with E-state index in [1.807, 2.05) is 6.07 Å². The van der Waals surface area contributed by atoms with E-state index in [1.165, 1.54) is 11.8 Å². The van der Waals surface area contributed by atoms with Crippen LogP contribution in [0.3, 0.4) is 0 Å². The molecular formula is C10H10N4S. The zero-order valence-electron chi connectivity index (χ0n) is 8.00. The van der Waals surface area contributed by atoms with Gasteiger partial charge in [0.1, 0.15) is 0 Å². The van der Waals surface area contributed by atoms with E-state index in [-0.39, 0.29) is 0 Å². The van der Waals surface area contributed by atoms with Gasteiger partial charge in [-0.05, 0) is 29.5 Å². The first-order valence-corrected chi connectivity index (χ1v) is 5.29. The number of nitrogens with two attached hydrogens (primary N) is 1. The number of hydrogen-bond acceptors (Lipinski definition) is 5. The van der Waals surface area contributed by atoms with Gasteiger partial charge >= 0.3 is 0 Å². The summed E-state index contributed by atoms with van der Waals surface area (Å²) in [6.07, 6.45) is 6.95. The highest BCUT2D eigenvalue weighted by Gasteiger charge is 2.04. The van der Waals surface area contributed by atoms with Gasteiger partial charge in [-0.2, -0.15) is 0 Å². The van der Waals surface area contributed by atoms with Crippen molar-refractivity contribution in [2.75, 3.05) is 0 Å². The third-order valence-electron chi connectivity index (χ3n) is 1.83. The second-order valence-corrected chi connectivity index (χ2v) is 3.83. The first-order chi connectivity index (χ1) is 7.40. The van der Waals surface area contributed by atoms with Gasteiger partial charge in [-0.25, -0.2) is 9.97 Å². The van der Waals surface area contributed by atoms with Crippen molar-refractivity contribution in [2.24, 2.45) is 5.73 Å². The molecule has 15 heavy (non-hydrogen) atoms. The van der Waals surface area contributed by atoms with Crippen LogP contribution in [-0.4, -0.2) is 15.0 Å². The molecule has 0 aliphatic heterocycles. The molecule has 2 aromatic heterocycles. The van der Waals surface area contributed by atoms with Gasteiger partial charge in [0.15, 0.2) is 5.16 Å². The van der Waals surface area contributed by atoms with Crippen molar-refractivity contribution in [3.8, 4) is 0 Å². The molecule has 2 N–H and O–H groups in total. The normalized spacial score (nSPS) is 10.2. The Morgan fingerprint density at radius 1 is 1.20 bits per heavy atom. The van der Waals surface area contributed by atoms with Crippen LogP contribution in [0.4, 0.5) is 0 Å². The van der Waals surface area contributed by atoms with Crippen molar-refractivity contribution in [1.82, 2.24) is 15.0 Å². The molecule has 0 saturated heterocycles. The van der Waals surface area contributed by atoms with Crippen LogP contribution in [0.2, 0.25) is 0 Å². The summed E-state index contributed by atoms with van der Waals surface area (Å²) >= 11 is 1.47. The number of hydrogen-bond donors (Lipinski definition) is 1. The van der Waals surface area contributed by atoms with Crippen LogP contribution in [0.5, 0.6) is 0 Å². The van der Waals surface area contributed by atoms with Crippen molar-refractivity contribution >= 4 is 11.8 Å². The fraction of sp³-hybridized carbons (Fsp3) is 0.100. The summed E-state index contributed by atoms with van der Waals surface area (Å²) in [7, 11) is 0. The highest BCUT2D eigenvalue weighted by molar-refractivity contribution is 7.99. The molecule has 0 aliphatic rings. The molecule has 0 fully saturated rings. The van der Waals surface area contributed by atoms with E-state index in [9.17, 15) is 0 Å². The van der Waals surface area contributed by atoms with E-state index in [4.69, 9.17) is 5.73 Å². The average Bonchev–Trinajstić information content (AvgIpc) is 2.31. The minimum atomic E-state index is 0.498. The number of rotatable bonds is 3. The van der Waals surface area contributed by atoms with Crippen LogP contribution in [-0.2, 0) is 6.54 Å². The standard InChI is InChI=1S/C10H10N4S/c11-6-8-2-5-12-7-9(8)15-10-13-3-1-4-14-10/h1-5,7H,6,11H2. The molecule has 5 heteroatoms. The molecule has 0 amide bonds. The van der Waals surface area contributed by atoms with E-state index in [0.717, 1.165) is 10.5 Å². The monoisotopic (exact) mass is 218 g/mol. The molecule has 2 aromatic rings. The van der Waals surface area contributed by atoms with Gasteiger partial charge in [0.2, 0.25) is 0 Å². The van der Waals surface area contributed by atoms with Crippen molar-refractivity contribution in [3.63, 3.8) is 0 Å². The number of aromatic nitrogens is 3. The summed E-state index contributed by atoms with van der Waals surface area (Å²) in [5.74, 6) is 0. The van der Waals surface area contributed by atoms with Gasteiger partial charge in [0, 0.05) is 36.2 Å². The molecular weight excluding hydrogens is 208 g/mol. The Hall–Kier alpha value is -1.46. The Morgan fingerprint density at radius 3 is 2.73 bits per heavy atom. The molecule has 0 saturated carbocycles. The fourth-order valence-corrected chi connectivity index (χ4v) is 1.93. The molecule has 4 nitrogen and oxygen atoms in total. The molecule has 2 heterocycles. The lowest BCUT2D eigenvalue weighted by molar-refractivity contribution is 0.955. The van der Waals surface area contributed by atoms with Crippen molar-refractivity contribution < 1.29 is 0 Å². The molecule has 0 radical (unpaired) electrons. The van der Waals surface area contributed by atoms with Crippen molar-refractivity contribution in [2.45, 2.75) is 16.6 Å². The number of nitrogens with zero attached hydrogens (tertiary/aromatic N) is 3. The maximum atomic E-state index is 5.62. The quantitative estimate of drug-likeness (QED) is 0.790. The van der Waals surface area contributed by atoms with E-state index < -0.39 is 0 Å². The van der Waals surface area contributed by atoms with Gasteiger partial charge in [-0.3, -0.25) is 4.98 Å². The van der Waals surface area contributed by atoms with Gasteiger partial charge in [-0.1, -0.05) is 0 Å². The molecule has 0 spiro atoms. The third kappa shape index (κ3) is 2.51. The van der Waals surface area contributed by atoms with Crippen LogP contribution in [0, 0.1) is 0 Å². The summed E-state index contributed by atoms with van der Waals surface area (Å²) in [6.45, 7) is 0.498. The van der Waals surface area contributed by atoms with Crippen LogP contribution in [0.1, 0.15) is 5.56 Å². The first kappa shape index (κ1) is 10.1. The fourth-order valence-electron chi connectivity index (χ4n) is 1.11. The molecule has 0 atom stereocenters. The van der Waals surface area contributed by atoms with Gasteiger partial charge in [0.25, 0.3) is 0 Å². The minimum absolute atomic E-state index is 0.498. The minimum Gasteiger partial charge on any atom is -0.326 e. The van der Waals surface area contributed by atoms with Gasteiger partial charge < -0.3 is 5.73 Å². The Balaban J connectivity index is 2.24. The zero-order chi connectivity index (χ0) is 10.5. The van der Waals surface area contributed by atoms with Gasteiger partial charge in [-0.15, -0.1) is 0 Å². The van der Waals surface area contributed by atoms with Crippen molar-refractivity contribution in [1.29, 1.82) is 0 Å². The Morgan fingerprint density at radius 2 is 2.00 bits per heavy atom. The second kappa shape index (κ2) is 4.86. The van der Waals surface area contributed by atoms with Gasteiger partial charge in [0.05, 0.1) is 0 Å². The molecule has 0 aromatic carbocycles. The first-order valence-electron chi connectivity index (χ1n) is 4.48. The topological polar surface area (TPSA) is 64.7 Å². The zero-order valence-corrected chi connectivity index (χ0v) is 8.81. The lowest BCUT2D eigenvalue weighted by Gasteiger charge is -2.04. The SMILES string of the molecule is NCc1ccncc1Sc1ncccn1. The maximum Gasteiger partial charge on any atom is 0.192 e. The van der Waals surface area contributed by atoms with Crippen LogP contribution >= 0.6 is 11.8 Å². The van der Waals surface area contributed by atoms with E-state index in [1.54, 1.807) is 30.9 Å². The Kier molecular flexibility index (Phi) is 3.26. The number of pyridine rings is 1. The molecule has 2 rings (SSSR count). The smallest absolute Gasteiger partial charge is 0.192 e. The van der Waals surface area contributed by atoms with Crippen LogP contribution in [0.25, 0.3) is 0 Å². The maximum absolute atomic E-state index is 5.62. The summed E-state index contributed by atoms with van der Waals surface area (Å²) in [4.78, 5) is 13.3. The molecule has 76 valence electrons. The largest absolute Gasteiger partial charge is 0.326 e. The summed E-state index contributed by atoms with van der Waals surface area (Å²) in [6, 6.07) is 3.70. The predicted octanol–water partition coefficient (Wildman–Crippen LogP) is 1.48. The Labute approximate surface area is 92.0 Å². The highest BCUT2D eigenvalue weighted by Crippen LogP contribution is 2.26. The van der Waals surface area contributed by atoms with E-state index in [0.29, 0.717) is 11.7 Å². The second-order valence-electron chi connectivity index (χ2n) is 2.82. The van der Waals surface area contributed by atoms with E-state index >= 15 is 0 Å². The highest BCUT2D eigenvalue weighted by atomic mass is 32.2. The lowest BCUT2D eigenvalue weighted by Crippen LogP contribution is -1.98. The van der Waals surface area contributed by atoms with Crippen molar-refractivity contribution in [3.05, 3.63) is 42.5 Å². The summed E-state index contributed by atoms with van der Waals surface area (Å²) in [5, 5.41) is 0.709. The summed E-state index contributed by atoms with van der Waals surface area (Å²) in [5.41, 5.74) is 6.68. The molecule has 0 aliphatic carbocycles. The van der Waals surface area contributed by atoms with Crippen LogP contribution in [0.15, 0.2) is 47.0 Å². The molecule has 0 unspecified atom stereocenters.